The van der Waals surface area contributed by atoms with E-state index in [-0.39, 0.29) is 12.7 Å². The molecule has 2 atom stereocenters. The molecule has 44 valence electrons. The van der Waals surface area contributed by atoms with Crippen LogP contribution in [0, 0.1) is 0 Å². The molecule has 0 bridgehead atoms. The first-order chi connectivity index (χ1) is 3.87. The van der Waals surface area contributed by atoms with Crippen molar-refractivity contribution in [2.24, 2.45) is 0 Å². The maximum Gasteiger partial charge on any atom is 0.264 e. The van der Waals surface area contributed by atoms with Crippen molar-refractivity contribution in [3.05, 3.63) is 12.3 Å². The minimum Gasteiger partial charge on any atom is -0.464 e. The quantitative estimate of drug-likeness (QED) is 0.472. The summed E-state index contributed by atoms with van der Waals surface area (Å²) in [6, 6.07) is 0. The molecule has 2 unspecified atom stereocenters. The first kappa shape index (κ1) is 4.35. The second-order valence-electron chi connectivity index (χ2n) is 1.95. The van der Waals surface area contributed by atoms with E-state index in [0.29, 0.717) is 0 Å². The van der Waals surface area contributed by atoms with E-state index in [4.69, 9.17) is 14.6 Å². The van der Waals surface area contributed by atoms with Gasteiger partial charge in [0.2, 0.25) is 0 Å². The molecule has 0 aromatic rings. The van der Waals surface area contributed by atoms with Gasteiger partial charge in [-0.05, 0) is 6.08 Å². The SMILES string of the molecule is OCC12OC=CC1O2. The van der Waals surface area contributed by atoms with Crippen LogP contribution in [-0.2, 0) is 9.47 Å². The molecule has 1 saturated heterocycles. The van der Waals surface area contributed by atoms with Gasteiger partial charge in [-0.2, -0.15) is 0 Å². The fourth-order valence-corrected chi connectivity index (χ4v) is 0.852. The van der Waals surface area contributed by atoms with Crippen LogP contribution in [0.1, 0.15) is 0 Å². The summed E-state index contributed by atoms with van der Waals surface area (Å²) in [7, 11) is 0. The molecule has 0 aromatic heterocycles. The molecular formula is C5H6O3. The lowest BCUT2D eigenvalue weighted by Gasteiger charge is -2.02. The molecule has 0 saturated carbocycles. The molecule has 2 aliphatic rings. The maximum absolute atomic E-state index is 8.58. The highest BCUT2D eigenvalue weighted by Gasteiger charge is 2.60. The number of hydrogen-bond donors (Lipinski definition) is 1. The lowest BCUT2D eigenvalue weighted by Crippen LogP contribution is -2.17. The molecular weight excluding hydrogens is 108 g/mol. The van der Waals surface area contributed by atoms with Crippen LogP contribution in [-0.4, -0.2) is 23.6 Å². The Bertz CT molecular complexity index is 143. The van der Waals surface area contributed by atoms with Crippen LogP contribution >= 0.6 is 0 Å². The summed E-state index contributed by atoms with van der Waals surface area (Å²) in [5.74, 6) is -0.653. The predicted octanol–water partition coefficient (Wildman–Crippen LogP) is -0.382. The number of hydrogen-bond acceptors (Lipinski definition) is 3. The first-order valence-corrected chi connectivity index (χ1v) is 2.50. The van der Waals surface area contributed by atoms with Crippen LogP contribution in [0.4, 0.5) is 0 Å². The molecule has 0 spiro atoms. The average molecular weight is 114 g/mol. The third kappa shape index (κ3) is 0.319. The fourth-order valence-electron chi connectivity index (χ4n) is 0.852. The van der Waals surface area contributed by atoms with Crippen LogP contribution in [0.15, 0.2) is 12.3 Å². The van der Waals surface area contributed by atoms with Gasteiger partial charge in [0.05, 0.1) is 6.26 Å². The van der Waals surface area contributed by atoms with Crippen molar-refractivity contribution in [2.75, 3.05) is 6.61 Å². The molecule has 0 aromatic carbocycles. The fraction of sp³-hybridized carbons (Fsp3) is 0.600. The van der Waals surface area contributed by atoms with E-state index in [0.717, 1.165) is 0 Å². The molecule has 2 aliphatic heterocycles. The van der Waals surface area contributed by atoms with E-state index < -0.39 is 5.79 Å². The summed E-state index contributed by atoms with van der Waals surface area (Å²) >= 11 is 0. The molecule has 3 heteroatoms. The topological polar surface area (TPSA) is 42.0 Å². The third-order valence-corrected chi connectivity index (χ3v) is 1.44. The Kier molecular flexibility index (Phi) is 0.578. The number of aliphatic hydroxyl groups excluding tert-OH is 1. The highest BCUT2D eigenvalue weighted by atomic mass is 16.8. The van der Waals surface area contributed by atoms with Crippen molar-refractivity contribution < 1.29 is 14.6 Å². The Morgan fingerprint density at radius 1 is 1.75 bits per heavy atom. The van der Waals surface area contributed by atoms with Crippen molar-refractivity contribution in [3.63, 3.8) is 0 Å². The second-order valence-corrected chi connectivity index (χ2v) is 1.95. The number of ether oxygens (including phenoxy) is 2. The zero-order chi connectivity index (χ0) is 5.61. The number of rotatable bonds is 1. The largest absolute Gasteiger partial charge is 0.464 e. The molecule has 1 fully saturated rings. The molecule has 2 rings (SSSR count). The molecule has 1 N–H and O–H groups in total. The third-order valence-electron chi connectivity index (χ3n) is 1.44. The highest BCUT2D eigenvalue weighted by molar-refractivity contribution is 5.12. The lowest BCUT2D eigenvalue weighted by molar-refractivity contribution is -0.0234. The first-order valence-electron chi connectivity index (χ1n) is 2.50. The van der Waals surface area contributed by atoms with Crippen LogP contribution < -0.4 is 0 Å². The van der Waals surface area contributed by atoms with Gasteiger partial charge in [0.15, 0.2) is 6.10 Å². The molecule has 0 amide bonds. The Morgan fingerprint density at radius 3 is 2.88 bits per heavy atom. The van der Waals surface area contributed by atoms with E-state index in [1.807, 2.05) is 0 Å². The van der Waals surface area contributed by atoms with E-state index in [2.05, 4.69) is 0 Å². The molecule has 8 heavy (non-hydrogen) atoms. The van der Waals surface area contributed by atoms with Gasteiger partial charge in [-0.15, -0.1) is 0 Å². The summed E-state index contributed by atoms with van der Waals surface area (Å²) in [6.07, 6.45) is 3.37. The monoisotopic (exact) mass is 114 g/mol. The van der Waals surface area contributed by atoms with Crippen LogP contribution in [0.2, 0.25) is 0 Å². The number of epoxide rings is 1. The minimum absolute atomic E-state index is 0.0208. The summed E-state index contributed by atoms with van der Waals surface area (Å²) in [6.45, 7) is -0.0509. The molecule has 2 heterocycles. The Hall–Kier alpha value is -0.540. The molecule has 3 nitrogen and oxygen atoms in total. The van der Waals surface area contributed by atoms with Gasteiger partial charge in [0, 0.05) is 0 Å². The van der Waals surface area contributed by atoms with Crippen LogP contribution in [0.25, 0.3) is 0 Å². The van der Waals surface area contributed by atoms with Gasteiger partial charge in [-0.1, -0.05) is 0 Å². The van der Waals surface area contributed by atoms with Gasteiger partial charge in [0.25, 0.3) is 5.79 Å². The Labute approximate surface area is 46.5 Å². The van der Waals surface area contributed by atoms with Crippen LogP contribution in [0.3, 0.4) is 0 Å². The van der Waals surface area contributed by atoms with Crippen molar-refractivity contribution in [1.29, 1.82) is 0 Å². The van der Waals surface area contributed by atoms with Gasteiger partial charge >= 0.3 is 0 Å². The smallest absolute Gasteiger partial charge is 0.264 e. The maximum atomic E-state index is 8.58. The second kappa shape index (κ2) is 1.06. The van der Waals surface area contributed by atoms with Crippen molar-refractivity contribution >= 4 is 0 Å². The summed E-state index contributed by atoms with van der Waals surface area (Å²) in [5.41, 5.74) is 0. The molecule has 0 aliphatic carbocycles. The van der Waals surface area contributed by atoms with Gasteiger partial charge < -0.3 is 14.6 Å². The summed E-state index contributed by atoms with van der Waals surface area (Å²) < 4.78 is 9.84. The van der Waals surface area contributed by atoms with E-state index in [1.165, 1.54) is 0 Å². The summed E-state index contributed by atoms with van der Waals surface area (Å²) in [5, 5.41) is 8.58. The van der Waals surface area contributed by atoms with E-state index in [1.54, 1.807) is 12.3 Å². The average Bonchev–Trinajstić information content (AvgIpc) is 2.38. The predicted molar refractivity (Wildman–Crippen MR) is 24.9 cm³/mol. The minimum atomic E-state index is -0.653. The standard InChI is InChI=1S/C5H6O3/c6-3-5-4(8-5)1-2-7-5/h1-2,4,6H,3H2. The van der Waals surface area contributed by atoms with E-state index >= 15 is 0 Å². The van der Waals surface area contributed by atoms with Gasteiger partial charge in [-0.25, -0.2) is 0 Å². The highest BCUT2D eigenvalue weighted by Crippen LogP contribution is 2.42. The number of aliphatic hydroxyl groups is 1. The summed E-state index contributed by atoms with van der Waals surface area (Å²) in [4.78, 5) is 0. The zero-order valence-electron chi connectivity index (χ0n) is 4.20. The van der Waals surface area contributed by atoms with Gasteiger partial charge in [0.1, 0.15) is 6.61 Å². The number of fused-ring (bicyclic) bond motifs is 1. The van der Waals surface area contributed by atoms with E-state index in [9.17, 15) is 0 Å². The van der Waals surface area contributed by atoms with Crippen molar-refractivity contribution in [1.82, 2.24) is 0 Å². The van der Waals surface area contributed by atoms with Crippen molar-refractivity contribution in [3.8, 4) is 0 Å². The Morgan fingerprint density at radius 2 is 2.62 bits per heavy atom. The van der Waals surface area contributed by atoms with Gasteiger partial charge in [-0.3, -0.25) is 0 Å². The zero-order valence-corrected chi connectivity index (χ0v) is 4.20. The Balaban J connectivity index is 2.15. The normalized spacial score (nSPS) is 48.4. The molecule has 0 radical (unpaired) electrons. The lowest BCUT2D eigenvalue weighted by atomic mass is 10.3. The van der Waals surface area contributed by atoms with Crippen molar-refractivity contribution in [2.45, 2.75) is 11.9 Å². The van der Waals surface area contributed by atoms with Crippen LogP contribution in [0.5, 0.6) is 0 Å².